The monoisotopic (exact) mass is 516 g/mol. The zero-order chi connectivity index (χ0) is 26.9. The number of rotatable bonds is 3. The molecule has 1 aromatic heterocycles. The number of benzene rings is 3. The number of aromatic nitrogens is 1. The lowest BCUT2D eigenvalue weighted by Gasteiger charge is -2.40. The molecule has 2 aliphatic heterocycles. The Morgan fingerprint density at radius 3 is 2.47 bits per heavy atom. The van der Waals surface area contributed by atoms with Gasteiger partial charge in [0.15, 0.2) is 23.4 Å². The predicted molar refractivity (Wildman–Crippen MR) is 143 cm³/mol. The van der Waals surface area contributed by atoms with Gasteiger partial charge in [-0.05, 0) is 49.2 Å². The molecule has 2 aliphatic rings. The molecule has 0 aliphatic carbocycles. The number of fused-ring (bicyclic) bond motifs is 7. The molecule has 0 spiro atoms. The summed E-state index contributed by atoms with van der Waals surface area (Å²) in [6.45, 7) is 5.88. The number of hydrogen-bond donors (Lipinski definition) is 0. The van der Waals surface area contributed by atoms with Gasteiger partial charge in [0, 0.05) is 24.4 Å². The fourth-order valence-corrected chi connectivity index (χ4v) is 5.76. The summed E-state index contributed by atoms with van der Waals surface area (Å²) < 4.78 is 24.8. The first-order valence-electron chi connectivity index (χ1n) is 12.6. The van der Waals surface area contributed by atoms with Crippen molar-refractivity contribution >= 4 is 50.5 Å². The zero-order valence-electron chi connectivity index (χ0n) is 21.9. The van der Waals surface area contributed by atoms with E-state index in [2.05, 4.69) is 0 Å². The van der Waals surface area contributed by atoms with E-state index in [4.69, 9.17) is 18.9 Å². The number of carbonyl (C=O) groups excluding carboxylic acids is 2. The van der Waals surface area contributed by atoms with Crippen LogP contribution in [-0.2, 0) is 21.3 Å². The number of aryl methyl sites for hydroxylation is 1. The fourth-order valence-electron chi connectivity index (χ4n) is 5.76. The van der Waals surface area contributed by atoms with Gasteiger partial charge in [0.2, 0.25) is 0 Å². The van der Waals surface area contributed by atoms with E-state index in [1.165, 1.54) is 12.0 Å². The molecule has 6 rings (SSSR count). The van der Waals surface area contributed by atoms with Crippen molar-refractivity contribution in [2.24, 2.45) is 7.05 Å². The Bertz CT molecular complexity index is 1720. The molecular formula is C29H28N2O7. The van der Waals surface area contributed by atoms with E-state index in [1.807, 2.05) is 54.9 Å². The average molecular weight is 517 g/mol. The zero-order valence-corrected chi connectivity index (χ0v) is 21.9. The lowest BCUT2D eigenvalue weighted by Crippen LogP contribution is -2.48. The molecule has 196 valence electrons. The van der Waals surface area contributed by atoms with Gasteiger partial charge in [-0.2, -0.15) is 0 Å². The second kappa shape index (κ2) is 8.37. The minimum atomic E-state index is -0.966. The summed E-state index contributed by atoms with van der Waals surface area (Å²) in [5.41, 5.74) is 0.991. The molecule has 3 heterocycles. The molecule has 0 N–H and O–H groups in total. The van der Waals surface area contributed by atoms with Crippen LogP contribution in [0, 0.1) is 0 Å². The third-order valence-electron chi connectivity index (χ3n) is 7.51. The highest BCUT2D eigenvalue weighted by Gasteiger charge is 2.55. The summed E-state index contributed by atoms with van der Waals surface area (Å²) in [6, 6.07) is 13.4. The Kier molecular flexibility index (Phi) is 5.31. The number of hydrogen-bond acceptors (Lipinski definition) is 7. The van der Waals surface area contributed by atoms with E-state index in [0.29, 0.717) is 46.3 Å². The van der Waals surface area contributed by atoms with Crippen molar-refractivity contribution in [2.75, 3.05) is 18.6 Å². The van der Waals surface area contributed by atoms with Crippen LogP contribution >= 0.6 is 0 Å². The van der Waals surface area contributed by atoms with E-state index in [1.54, 1.807) is 19.9 Å². The maximum atomic E-state index is 14.1. The number of pyridine rings is 1. The topological polar surface area (TPSA) is 96.3 Å². The first-order chi connectivity index (χ1) is 18.2. The third kappa shape index (κ3) is 3.34. The van der Waals surface area contributed by atoms with E-state index in [0.717, 1.165) is 16.3 Å². The van der Waals surface area contributed by atoms with Gasteiger partial charge in [0.1, 0.15) is 5.60 Å². The second-order valence-electron chi connectivity index (χ2n) is 10.3. The van der Waals surface area contributed by atoms with Crippen molar-refractivity contribution in [3.05, 3.63) is 58.3 Å². The van der Waals surface area contributed by atoms with Crippen molar-refractivity contribution in [1.29, 1.82) is 0 Å². The molecule has 1 fully saturated rings. The molecule has 4 aromatic rings. The fraction of sp³-hybridized carbons (Fsp3) is 0.345. The molecule has 0 radical (unpaired) electrons. The Hall–Kier alpha value is -4.27. The number of anilines is 1. The first kappa shape index (κ1) is 24.1. The van der Waals surface area contributed by atoms with Gasteiger partial charge < -0.3 is 23.5 Å². The van der Waals surface area contributed by atoms with Gasteiger partial charge in [-0.3, -0.25) is 9.69 Å². The van der Waals surface area contributed by atoms with Crippen LogP contribution in [0.15, 0.2) is 47.3 Å². The normalized spacial score (nSPS) is 19.4. The second-order valence-corrected chi connectivity index (χ2v) is 10.3. The van der Waals surface area contributed by atoms with Crippen molar-refractivity contribution in [3.8, 4) is 5.75 Å². The highest BCUT2D eigenvalue weighted by molar-refractivity contribution is 6.05. The summed E-state index contributed by atoms with van der Waals surface area (Å²) in [6.07, 6.45) is -2.34. The molecule has 9 nitrogen and oxygen atoms in total. The summed E-state index contributed by atoms with van der Waals surface area (Å²) in [4.78, 5) is 40.9. The lowest BCUT2D eigenvalue weighted by atomic mass is 9.86. The summed E-state index contributed by atoms with van der Waals surface area (Å²) >= 11 is 0. The molecule has 9 heteroatoms. The van der Waals surface area contributed by atoms with Gasteiger partial charge in [-0.15, -0.1) is 0 Å². The number of amides is 1. The van der Waals surface area contributed by atoms with Crippen LogP contribution in [0.25, 0.3) is 32.6 Å². The van der Waals surface area contributed by atoms with Crippen LogP contribution in [0.1, 0.15) is 38.9 Å². The van der Waals surface area contributed by atoms with Crippen LogP contribution < -0.4 is 15.1 Å². The van der Waals surface area contributed by atoms with Gasteiger partial charge in [0.05, 0.1) is 29.4 Å². The van der Waals surface area contributed by atoms with Crippen molar-refractivity contribution in [3.63, 3.8) is 0 Å². The van der Waals surface area contributed by atoms with Crippen LogP contribution in [-0.4, -0.2) is 42.2 Å². The first-order valence-corrected chi connectivity index (χ1v) is 12.6. The SMILES string of the molecule is CCCN(C(=O)OC)c1cc2c(=O)c3cc4ccccc4cc3n(C)c2c2c1OC(C)(C)C1OC(=O)OC21. The summed E-state index contributed by atoms with van der Waals surface area (Å²) in [5.74, 6) is 0.357. The highest BCUT2D eigenvalue weighted by atomic mass is 16.8. The molecule has 2 unspecified atom stereocenters. The number of carbonyl (C=O) groups is 2. The lowest BCUT2D eigenvalue weighted by molar-refractivity contribution is -0.0494. The van der Waals surface area contributed by atoms with E-state index in [9.17, 15) is 14.4 Å². The van der Waals surface area contributed by atoms with Gasteiger partial charge >= 0.3 is 12.2 Å². The Morgan fingerprint density at radius 1 is 1.08 bits per heavy atom. The molecule has 0 bridgehead atoms. The van der Waals surface area contributed by atoms with E-state index in [-0.39, 0.29) is 5.43 Å². The standard InChI is InChI=1S/C29H28N2O7/c1-6-11-31(27(33)35-5)20-14-18-22(21-24(20)38-29(2,3)26-25(21)36-28(34)37-26)30(4)19-13-16-10-8-7-9-15(16)12-17(19)23(18)32/h7-10,12-14,25-26H,6,11H2,1-5H3. The Labute approximate surface area is 218 Å². The van der Waals surface area contributed by atoms with Crippen LogP contribution in [0.4, 0.5) is 15.3 Å². The number of nitrogens with zero attached hydrogens (tertiary/aromatic N) is 2. The largest absolute Gasteiger partial charge is 0.509 e. The Balaban J connectivity index is 1.79. The van der Waals surface area contributed by atoms with Gasteiger partial charge in [-0.1, -0.05) is 31.2 Å². The van der Waals surface area contributed by atoms with Gasteiger partial charge in [-0.25, -0.2) is 9.59 Å². The van der Waals surface area contributed by atoms with Crippen LogP contribution in [0.5, 0.6) is 5.75 Å². The van der Waals surface area contributed by atoms with Crippen molar-refractivity contribution < 1.29 is 28.5 Å². The highest BCUT2D eigenvalue weighted by Crippen LogP contribution is 2.53. The molecule has 1 saturated heterocycles. The van der Waals surface area contributed by atoms with Crippen LogP contribution in [0.2, 0.25) is 0 Å². The van der Waals surface area contributed by atoms with Crippen molar-refractivity contribution in [1.82, 2.24) is 4.57 Å². The average Bonchev–Trinajstić information content (AvgIpc) is 3.31. The molecule has 3 aromatic carbocycles. The minimum absolute atomic E-state index is 0.198. The third-order valence-corrected chi connectivity index (χ3v) is 7.51. The molecular weight excluding hydrogens is 488 g/mol. The van der Waals surface area contributed by atoms with Crippen LogP contribution in [0.3, 0.4) is 0 Å². The quantitative estimate of drug-likeness (QED) is 0.259. The number of methoxy groups -OCH3 is 1. The molecule has 1 amide bonds. The summed E-state index contributed by atoms with van der Waals surface area (Å²) in [5, 5.41) is 2.85. The Morgan fingerprint density at radius 2 is 1.79 bits per heavy atom. The molecule has 0 saturated carbocycles. The van der Waals surface area contributed by atoms with Gasteiger partial charge in [0.25, 0.3) is 0 Å². The van der Waals surface area contributed by atoms with E-state index < -0.39 is 30.1 Å². The summed E-state index contributed by atoms with van der Waals surface area (Å²) in [7, 11) is 3.18. The smallest absolute Gasteiger partial charge is 0.481 e. The predicted octanol–water partition coefficient (Wildman–Crippen LogP) is 5.58. The van der Waals surface area contributed by atoms with Crippen molar-refractivity contribution in [2.45, 2.75) is 45.0 Å². The number of ether oxygens (including phenoxy) is 4. The molecule has 2 atom stereocenters. The molecule has 38 heavy (non-hydrogen) atoms. The van der Waals surface area contributed by atoms with E-state index >= 15 is 0 Å². The maximum absolute atomic E-state index is 14.1. The maximum Gasteiger partial charge on any atom is 0.509 e. The minimum Gasteiger partial charge on any atom is -0.481 e.